The van der Waals surface area contributed by atoms with E-state index in [0.29, 0.717) is 29.7 Å². The molecule has 5 nitrogen and oxygen atoms in total. The lowest BCUT2D eigenvalue weighted by Crippen LogP contribution is -2.25. The van der Waals surface area contributed by atoms with Crippen molar-refractivity contribution >= 4 is 23.2 Å². The first-order valence-electron chi connectivity index (χ1n) is 8.90. The summed E-state index contributed by atoms with van der Waals surface area (Å²) in [6.45, 7) is 6.56. The summed E-state index contributed by atoms with van der Waals surface area (Å²) in [5.41, 5.74) is 5.04. The summed E-state index contributed by atoms with van der Waals surface area (Å²) >= 11 is 6.34. The van der Waals surface area contributed by atoms with Gasteiger partial charge < -0.3 is 9.42 Å². The Bertz CT molecular complexity index is 1010. The first kappa shape index (κ1) is 17.7. The molecule has 1 amide bonds. The third-order valence-corrected chi connectivity index (χ3v) is 5.44. The zero-order valence-electron chi connectivity index (χ0n) is 15.5. The quantitative estimate of drug-likeness (QED) is 0.651. The molecule has 1 unspecified atom stereocenters. The summed E-state index contributed by atoms with van der Waals surface area (Å²) in [6, 6.07) is 11.7. The second-order valence-electron chi connectivity index (χ2n) is 7.07. The maximum atomic E-state index is 12.6. The molecule has 1 aliphatic heterocycles. The Labute approximate surface area is 163 Å². The molecule has 0 N–H and O–H groups in total. The number of carbonyl (C=O) groups is 1. The van der Waals surface area contributed by atoms with Gasteiger partial charge in [-0.1, -0.05) is 41.0 Å². The molecule has 1 aromatic heterocycles. The van der Waals surface area contributed by atoms with E-state index in [-0.39, 0.29) is 11.8 Å². The second-order valence-corrected chi connectivity index (χ2v) is 7.47. The molecule has 0 saturated carbocycles. The molecule has 27 heavy (non-hydrogen) atoms. The third-order valence-electron chi connectivity index (χ3n) is 5.14. The van der Waals surface area contributed by atoms with Crippen LogP contribution in [-0.4, -0.2) is 22.6 Å². The maximum Gasteiger partial charge on any atom is 0.232 e. The van der Waals surface area contributed by atoms with Crippen molar-refractivity contribution in [3.05, 3.63) is 64.0 Å². The normalized spacial score (nSPS) is 17.0. The van der Waals surface area contributed by atoms with Crippen LogP contribution >= 0.6 is 11.6 Å². The van der Waals surface area contributed by atoms with Crippen molar-refractivity contribution < 1.29 is 9.32 Å². The SMILES string of the molecule is Cc1ccc(-c2noc(C3CC(=O)N(c4c(C)cccc4Cl)C3)n2)cc1C. The van der Waals surface area contributed by atoms with Crippen LogP contribution in [0, 0.1) is 20.8 Å². The minimum Gasteiger partial charge on any atom is -0.339 e. The monoisotopic (exact) mass is 381 g/mol. The fourth-order valence-corrected chi connectivity index (χ4v) is 3.78. The molecule has 4 rings (SSSR count). The van der Waals surface area contributed by atoms with Crippen LogP contribution in [0.25, 0.3) is 11.4 Å². The van der Waals surface area contributed by atoms with Crippen LogP contribution in [0.2, 0.25) is 5.02 Å². The predicted molar refractivity (Wildman–Crippen MR) is 105 cm³/mol. The highest BCUT2D eigenvalue weighted by atomic mass is 35.5. The first-order chi connectivity index (χ1) is 12.9. The number of hydrogen-bond acceptors (Lipinski definition) is 4. The summed E-state index contributed by atoms with van der Waals surface area (Å²) in [4.78, 5) is 18.9. The van der Waals surface area contributed by atoms with Crippen LogP contribution in [0.4, 0.5) is 5.69 Å². The van der Waals surface area contributed by atoms with Crippen molar-refractivity contribution in [2.24, 2.45) is 0 Å². The average Bonchev–Trinajstić information content (AvgIpc) is 3.25. The van der Waals surface area contributed by atoms with Gasteiger partial charge in [0.1, 0.15) is 0 Å². The molecule has 1 atom stereocenters. The molecule has 1 fully saturated rings. The largest absolute Gasteiger partial charge is 0.339 e. The van der Waals surface area contributed by atoms with E-state index in [2.05, 4.69) is 24.0 Å². The summed E-state index contributed by atoms with van der Waals surface area (Å²) in [5.74, 6) is 0.916. The number of aromatic nitrogens is 2. The number of para-hydroxylation sites is 1. The van der Waals surface area contributed by atoms with Crippen molar-refractivity contribution in [2.45, 2.75) is 33.1 Å². The summed E-state index contributed by atoms with van der Waals surface area (Å²) in [6.07, 6.45) is 0.333. The van der Waals surface area contributed by atoms with E-state index in [1.165, 1.54) is 11.1 Å². The van der Waals surface area contributed by atoms with E-state index in [9.17, 15) is 4.79 Å². The molecular weight excluding hydrogens is 362 g/mol. The fourth-order valence-electron chi connectivity index (χ4n) is 3.45. The highest BCUT2D eigenvalue weighted by Crippen LogP contribution is 2.37. The van der Waals surface area contributed by atoms with Gasteiger partial charge in [-0.05, 0) is 49.6 Å². The lowest BCUT2D eigenvalue weighted by molar-refractivity contribution is -0.117. The van der Waals surface area contributed by atoms with E-state index in [1.807, 2.05) is 37.3 Å². The van der Waals surface area contributed by atoms with Crippen LogP contribution in [0.3, 0.4) is 0 Å². The molecule has 0 aliphatic carbocycles. The number of anilines is 1. The number of benzene rings is 2. The number of halogens is 1. The molecule has 6 heteroatoms. The van der Waals surface area contributed by atoms with Gasteiger partial charge in [-0.2, -0.15) is 4.98 Å². The van der Waals surface area contributed by atoms with Crippen LogP contribution in [0.1, 0.15) is 34.9 Å². The molecule has 0 bridgehead atoms. The van der Waals surface area contributed by atoms with E-state index < -0.39 is 0 Å². The zero-order chi connectivity index (χ0) is 19.1. The van der Waals surface area contributed by atoms with Crippen molar-refractivity contribution in [1.82, 2.24) is 10.1 Å². The van der Waals surface area contributed by atoms with Crippen molar-refractivity contribution in [1.29, 1.82) is 0 Å². The van der Waals surface area contributed by atoms with Gasteiger partial charge in [0.25, 0.3) is 0 Å². The molecule has 1 saturated heterocycles. The van der Waals surface area contributed by atoms with Gasteiger partial charge in [-0.25, -0.2) is 0 Å². The number of aryl methyl sites for hydroxylation is 3. The number of carbonyl (C=O) groups excluding carboxylic acids is 1. The Kier molecular flexibility index (Phi) is 4.48. The van der Waals surface area contributed by atoms with E-state index in [1.54, 1.807) is 11.0 Å². The average molecular weight is 382 g/mol. The second kappa shape index (κ2) is 6.82. The Hall–Kier alpha value is -2.66. The van der Waals surface area contributed by atoms with Crippen molar-refractivity contribution in [3.63, 3.8) is 0 Å². The van der Waals surface area contributed by atoms with Crippen LogP contribution < -0.4 is 4.90 Å². The molecule has 2 heterocycles. The molecule has 138 valence electrons. The van der Waals surface area contributed by atoms with Gasteiger partial charge in [0.2, 0.25) is 17.6 Å². The number of hydrogen-bond donors (Lipinski definition) is 0. The molecule has 0 spiro atoms. The molecule has 2 aromatic carbocycles. The fraction of sp³-hybridized carbons (Fsp3) is 0.286. The van der Waals surface area contributed by atoms with Crippen LogP contribution in [0.5, 0.6) is 0 Å². The van der Waals surface area contributed by atoms with Crippen LogP contribution in [0.15, 0.2) is 40.9 Å². The smallest absolute Gasteiger partial charge is 0.232 e. The van der Waals surface area contributed by atoms with Crippen molar-refractivity contribution in [2.75, 3.05) is 11.4 Å². The summed E-state index contributed by atoms with van der Waals surface area (Å²) in [7, 11) is 0. The lowest BCUT2D eigenvalue weighted by atomic mass is 10.1. The minimum atomic E-state index is -0.138. The highest BCUT2D eigenvalue weighted by Gasteiger charge is 2.36. The summed E-state index contributed by atoms with van der Waals surface area (Å²) in [5, 5.41) is 4.69. The Morgan fingerprint density at radius 1 is 1.11 bits per heavy atom. The lowest BCUT2D eigenvalue weighted by Gasteiger charge is -2.20. The van der Waals surface area contributed by atoms with Gasteiger partial charge >= 0.3 is 0 Å². The summed E-state index contributed by atoms with van der Waals surface area (Å²) < 4.78 is 5.49. The predicted octanol–water partition coefficient (Wildman–Crippen LogP) is 4.84. The Morgan fingerprint density at radius 2 is 1.93 bits per heavy atom. The zero-order valence-corrected chi connectivity index (χ0v) is 16.2. The topological polar surface area (TPSA) is 59.2 Å². The number of rotatable bonds is 3. The van der Waals surface area contributed by atoms with E-state index in [0.717, 1.165) is 16.8 Å². The van der Waals surface area contributed by atoms with Gasteiger partial charge in [0.05, 0.1) is 16.6 Å². The van der Waals surface area contributed by atoms with Crippen molar-refractivity contribution in [3.8, 4) is 11.4 Å². The molecule has 3 aromatic rings. The maximum absolute atomic E-state index is 12.6. The van der Waals surface area contributed by atoms with E-state index >= 15 is 0 Å². The Balaban J connectivity index is 1.60. The van der Waals surface area contributed by atoms with Gasteiger partial charge in [0.15, 0.2) is 0 Å². The molecular formula is C21H20ClN3O2. The van der Waals surface area contributed by atoms with Gasteiger partial charge in [-0.3, -0.25) is 4.79 Å². The number of nitrogens with zero attached hydrogens (tertiary/aromatic N) is 3. The van der Waals surface area contributed by atoms with E-state index in [4.69, 9.17) is 16.1 Å². The van der Waals surface area contributed by atoms with Gasteiger partial charge in [-0.15, -0.1) is 0 Å². The Morgan fingerprint density at radius 3 is 2.67 bits per heavy atom. The highest BCUT2D eigenvalue weighted by molar-refractivity contribution is 6.34. The number of amides is 1. The molecule has 0 radical (unpaired) electrons. The third kappa shape index (κ3) is 3.23. The first-order valence-corrected chi connectivity index (χ1v) is 9.28. The molecule has 1 aliphatic rings. The van der Waals surface area contributed by atoms with Gasteiger partial charge in [0, 0.05) is 18.5 Å². The van der Waals surface area contributed by atoms with Crippen LogP contribution in [-0.2, 0) is 4.79 Å². The minimum absolute atomic E-state index is 0.0159. The standard InChI is InChI=1S/C21H20ClN3O2/c1-12-7-8-15(9-14(12)3)20-23-21(27-24-20)16-10-18(26)25(11-16)19-13(2)5-4-6-17(19)22/h4-9,16H,10-11H2,1-3H3.